The second kappa shape index (κ2) is 5.11. The Hall–Kier alpha value is -1.67. The summed E-state index contributed by atoms with van der Waals surface area (Å²) in [5.74, 6) is 0. The summed E-state index contributed by atoms with van der Waals surface area (Å²) in [4.78, 5) is 0. The summed E-state index contributed by atoms with van der Waals surface area (Å²) < 4.78 is 26.0. The van der Waals surface area contributed by atoms with Crippen molar-refractivity contribution >= 4 is 17.2 Å². The summed E-state index contributed by atoms with van der Waals surface area (Å²) in [6, 6.07) is 14.9. The molecule has 0 aromatic heterocycles. The molecule has 2 rings (SSSR count). The molecule has 3 heteroatoms. The smallest absolute Gasteiger partial charge is 0.173 e. The van der Waals surface area contributed by atoms with Gasteiger partial charge in [0, 0.05) is 5.02 Å². The van der Waals surface area contributed by atoms with Crippen LogP contribution in [-0.2, 0) is 0 Å². The van der Waals surface area contributed by atoms with Crippen LogP contribution in [0.1, 0.15) is 11.1 Å². The van der Waals surface area contributed by atoms with Crippen LogP contribution in [-0.4, -0.2) is 0 Å². The molecule has 0 aliphatic heterocycles. The van der Waals surface area contributed by atoms with Crippen molar-refractivity contribution in [3.63, 3.8) is 0 Å². The van der Waals surface area contributed by atoms with Crippen LogP contribution in [0.2, 0.25) is 5.02 Å². The lowest BCUT2D eigenvalue weighted by Gasteiger charge is -2.06. The molecule has 0 unspecified atom stereocenters. The Kier molecular flexibility index (Phi) is 3.55. The van der Waals surface area contributed by atoms with Gasteiger partial charge in [-0.3, -0.25) is 0 Å². The van der Waals surface area contributed by atoms with Gasteiger partial charge in [0.15, 0.2) is 0 Å². The number of hydrogen-bond donors (Lipinski definition) is 0. The molecule has 0 nitrogen and oxygen atoms in total. The second-order valence-electron chi connectivity index (χ2n) is 3.51. The number of hydrogen-bond acceptors (Lipinski definition) is 0. The average molecular weight is 251 g/mol. The van der Waals surface area contributed by atoms with Crippen molar-refractivity contribution < 1.29 is 8.78 Å². The normalized spacial score (nSPS) is 10.1. The zero-order chi connectivity index (χ0) is 12.3. The zero-order valence-corrected chi connectivity index (χ0v) is 9.59. The van der Waals surface area contributed by atoms with E-state index in [1.807, 2.05) is 0 Å². The second-order valence-corrected chi connectivity index (χ2v) is 3.94. The third-order valence-corrected chi connectivity index (χ3v) is 2.64. The van der Waals surface area contributed by atoms with Crippen molar-refractivity contribution in [3.8, 4) is 0 Å². The molecule has 0 spiro atoms. The lowest BCUT2D eigenvalue weighted by atomic mass is 9.99. The zero-order valence-electron chi connectivity index (χ0n) is 8.83. The summed E-state index contributed by atoms with van der Waals surface area (Å²) in [5, 5.41) is 0.528. The summed E-state index contributed by atoms with van der Waals surface area (Å²) >= 11 is 5.74. The molecule has 2 aromatic carbocycles. The molecule has 0 saturated carbocycles. The molecular formula is C14H9ClF2. The van der Waals surface area contributed by atoms with Crippen molar-refractivity contribution in [2.45, 2.75) is 0 Å². The van der Waals surface area contributed by atoms with Crippen LogP contribution in [0.3, 0.4) is 0 Å². The molecule has 17 heavy (non-hydrogen) atoms. The first-order chi connectivity index (χ1) is 8.18. The largest absolute Gasteiger partial charge is 0.278 e. The highest BCUT2D eigenvalue weighted by Gasteiger charge is 2.11. The fraction of sp³-hybridized carbons (Fsp3) is 0. The highest BCUT2D eigenvalue weighted by molar-refractivity contribution is 6.30. The molecule has 0 bridgehead atoms. The van der Waals surface area contributed by atoms with Gasteiger partial charge >= 0.3 is 0 Å². The minimum atomic E-state index is -1.70. The molecular weight excluding hydrogens is 242 g/mol. The quantitative estimate of drug-likeness (QED) is 0.704. The molecule has 0 N–H and O–H groups in total. The van der Waals surface area contributed by atoms with Gasteiger partial charge in [0.1, 0.15) is 0 Å². The van der Waals surface area contributed by atoms with Gasteiger partial charge < -0.3 is 0 Å². The fourth-order valence-electron chi connectivity index (χ4n) is 1.61. The standard InChI is InChI=1S/C14H9ClF2/c15-12-8-6-11(7-9-12)13(14(16)17)10-4-2-1-3-5-10/h1-9H. The first kappa shape index (κ1) is 11.8. The fourth-order valence-corrected chi connectivity index (χ4v) is 1.73. The van der Waals surface area contributed by atoms with E-state index >= 15 is 0 Å². The van der Waals surface area contributed by atoms with E-state index in [4.69, 9.17) is 11.6 Å². The van der Waals surface area contributed by atoms with Gasteiger partial charge in [-0.2, -0.15) is 8.78 Å². The van der Waals surface area contributed by atoms with Gasteiger partial charge in [-0.25, -0.2) is 0 Å². The van der Waals surface area contributed by atoms with Crippen LogP contribution < -0.4 is 0 Å². The molecule has 0 atom stereocenters. The van der Waals surface area contributed by atoms with Gasteiger partial charge in [-0.15, -0.1) is 0 Å². The van der Waals surface area contributed by atoms with Crippen molar-refractivity contribution in [2.75, 3.05) is 0 Å². The highest BCUT2D eigenvalue weighted by atomic mass is 35.5. The third-order valence-electron chi connectivity index (χ3n) is 2.38. The summed E-state index contributed by atoms with van der Waals surface area (Å²) in [6.45, 7) is 0. The number of halogens is 3. The first-order valence-corrected chi connectivity index (χ1v) is 5.43. The van der Waals surface area contributed by atoms with Gasteiger partial charge in [0.25, 0.3) is 6.08 Å². The van der Waals surface area contributed by atoms with E-state index in [0.717, 1.165) is 0 Å². The van der Waals surface area contributed by atoms with Crippen LogP contribution in [0.5, 0.6) is 0 Å². The van der Waals surface area contributed by atoms with E-state index in [-0.39, 0.29) is 5.57 Å². The average Bonchev–Trinajstić information content (AvgIpc) is 2.33. The molecule has 0 amide bonds. The molecule has 0 aliphatic rings. The van der Waals surface area contributed by atoms with Gasteiger partial charge in [-0.1, -0.05) is 54.1 Å². The van der Waals surface area contributed by atoms with E-state index in [9.17, 15) is 8.78 Å². The van der Waals surface area contributed by atoms with Crippen LogP contribution in [0.4, 0.5) is 8.78 Å². The molecule has 86 valence electrons. The Morgan fingerprint density at radius 2 is 1.29 bits per heavy atom. The maximum absolute atomic E-state index is 13.0. The molecule has 0 radical (unpaired) electrons. The minimum Gasteiger partial charge on any atom is -0.173 e. The summed E-state index contributed by atoms with van der Waals surface area (Å²) in [7, 11) is 0. The lowest BCUT2D eigenvalue weighted by molar-refractivity contribution is 0.426. The van der Waals surface area contributed by atoms with Gasteiger partial charge in [0.05, 0.1) is 5.57 Å². The van der Waals surface area contributed by atoms with Gasteiger partial charge in [-0.05, 0) is 23.3 Å². The van der Waals surface area contributed by atoms with E-state index in [1.54, 1.807) is 54.6 Å². The maximum atomic E-state index is 13.0. The Morgan fingerprint density at radius 3 is 1.82 bits per heavy atom. The Balaban J connectivity index is 2.52. The molecule has 0 fully saturated rings. The molecule has 0 heterocycles. The van der Waals surface area contributed by atoms with Crippen molar-refractivity contribution in [2.24, 2.45) is 0 Å². The molecule has 2 aromatic rings. The number of benzene rings is 2. The minimum absolute atomic E-state index is 0.0535. The van der Waals surface area contributed by atoms with E-state index in [2.05, 4.69) is 0 Å². The Morgan fingerprint density at radius 1 is 0.765 bits per heavy atom. The van der Waals surface area contributed by atoms with Crippen LogP contribution in [0, 0.1) is 0 Å². The Labute approximate surface area is 103 Å². The van der Waals surface area contributed by atoms with Crippen LogP contribution in [0.25, 0.3) is 5.57 Å². The van der Waals surface area contributed by atoms with Crippen molar-refractivity contribution in [1.29, 1.82) is 0 Å². The first-order valence-electron chi connectivity index (χ1n) is 5.05. The SMILES string of the molecule is FC(F)=C(c1ccccc1)c1ccc(Cl)cc1. The predicted octanol–water partition coefficient (Wildman–Crippen LogP) is 5.00. The van der Waals surface area contributed by atoms with E-state index < -0.39 is 6.08 Å². The van der Waals surface area contributed by atoms with Crippen molar-refractivity contribution in [1.82, 2.24) is 0 Å². The molecule has 0 saturated heterocycles. The van der Waals surface area contributed by atoms with Crippen LogP contribution in [0.15, 0.2) is 60.7 Å². The Bertz CT molecular complexity index is 526. The number of rotatable bonds is 2. The molecule has 0 aliphatic carbocycles. The van der Waals surface area contributed by atoms with Crippen LogP contribution >= 0.6 is 11.6 Å². The summed E-state index contributed by atoms with van der Waals surface area (Å²) in [6.07, 6.45) is -1.70. The van der Waals surface area contributed by atoms with E-state index in [0.29, 0.717) is 16.1 Å². The maximum Gasteiger partial charge on any atom is 0.278 e. The van der Waals surface area contributed by atoms with Gasteiger partial charge in [0.2, 0.25) is 0 Å². The summed E-state index contributed by atoms with van der Waals surface area (Å²) in [5.41, 5.74) is 0.901. The lowest BCUT2D eigenvalue weighted by Crippen LogP contribution is -1.89. The topological polar surface area (TPSA) is 0 Å². The third kappa shape index (κ3) is 2.71. The predicted molar refractivity (Wildman–Crippen MR) is 66.1 cm³/mol. The monoisotopic (exact) mass is 250 g/mol. The van der Waals surface area contributed by atoms with E-state index in [1.165, 1.54) is 0 Å². The highest BCUT2D eigenvalue weighted by Crippen LogP contribution is 2.28. The van der Waals surface area contributed by atoms with Crippen molar-refractivity contribution in [3.05, 3.63) is 76.8 Å².